The molecule has 1 fully saturated rings. The molecule has 6 heteroatoms. The number of nitrogens with zero attached hydrogens (tertiary/aromatic N) is 3. The minimum atomic E-state index is -0.305. The van der Waals surface area contributed by atoms with Crippen molar-refractivity contribution in [2.75, 3.05) is 13.1 Å². The van der Waals surface area contributed by atoms with Crippen molar-refractivity contribution in [2.45, 2.75) is 26.3 Å². The Balaban J connectivity index is 1.68. The van der Waals surface area contributed by atoms with Crippen molar-refractivity contribution >= 4 is 11.6 Å². The van der Waals surface area contributed by atoms with Gasteiger partial charge >= 0.3 is 0 Å². The van der Waals surface area contributed by atoms with Crippen molar-refractivity contribution in [1.82, 2.24) is 25.0 Å². The Kier molecular flexibility index (Phi) is 3.40. The van der Waals surface area contributed by atoms with Crippen LogP contribution in [-0.4, -0.2) is 33.4 Å². The summed E-state index contributed by atoms with van der Waals surface area (Å²) in [6.07, 6.45) is 9.03. The second kappa shape index (κ2) is 5.20. The summed E-state index contributed by atoms with van der Waals surface area (Å²) < 4.78 is 1.94. The molecular formula is C14H19N5O. The lowest BCUT2D eigenvalue weighted by atomic mass is 9.82. The molecule has 106 valence electrons. The lowest BCUT2D eigenvalue weighted by Gasteiger charge is -2.32. The highest BCUT2D eigenvalue weighted by molar-refractivity contribution is 5.82. The van der Waals surface area contributed by atoms with Gasteiger partial charge in [0.2, 0.25) is 5.91 Å². The Morgan fingerprint density at radius 1 is 1.55 bits per heavy atom. The molecule has 0 aliphatic carbocycles. The van der Waals surface area contributed by atoms with Crippen LogP contribution in [0.1, 0.15) is 25.5 Å². The highest BCUT2D eigenvalue weighted by Gasteiger charge is 2.34. The van der Waals surface area contributed by atoms with Crippen LogP contribution in [0.3, 0.4) is 0 Å². The van der Waals surface area contributed by atoms with E-state index in [0.717, 1.165) is 37.3 Å². The number of hydrogen-bond donors (Lipinski definition) is 2. The van der Waals surface area contributed by atoms with Gasteiger partial charge in [-0.05, 0) is 26.3 Å². The Morgan fingerprint density at radius 3 is 3.25 bits per heavy atom. The first-order valence-electron chi connectivity index (χ1n) is 6.94. The van der Waals surface area contributed by atoms with Crippen molar-refractivity contribution in [3.05, 3.63) is 30.5 Å². The van der Waals surface area contributed by atoms with E-state index in [-0.39, 0.29) is 11.3 Å². The molecule has 1 aliphatic heterocycles. The van der Waals surface area contributed by atoms with Gasteiger partial charge in [0.05, 0.1) is 30.0 Å². The van der Waals surface area contributed by atoms with E-state index in [2.05, 4.69) is 20.6 Å². The van der Waals surface area contributed by atoms with Gasteiger partial charge in [0.15, 0.2) is 5.65 Å². The smallest absolute Gasteiger partial charge is 0.227 e. The van der Waals surface area contributed by atoms with Gasteiger partial charge in [-0.2, -0.15) is 0 Å². The molecule has 1 unspecified atom stereocenters. The number of carbonyl (C=O) groups excluding carboxylic acids is 1. The second-order valence-corrected chi connectivity index (χ2v) is 5.58. The molecule has 0 radical (unpaired) electrons. The summed E-state index contributed by atoms with van der Waals surface area (Å²) in [7, 11) is 0. The van der Waals surface area contributed by atoms with E-state index in [4.69, 9.17) is 0 Å². The molecule has 6 nitrogen and oxygen atoms in total. The zero-order valence-electron chi connectivity index (χ0n) is 11.6. The molecule has 2 N–H and O–H groups in total. The highest BCUT2D eigenvalue weighted by atomic mass is 16.2. The number of rotatable bonds is 3. The third kappa shape index (κ3) is 2.38. The lowest BCUT2D eigenvalue weighted by Crippen LogP contribution is -2.48. The molecule has 1 atom stereocenters. The Morgan fingerprint density at radius 2 is 2.45 bits per heavy atom. The number of piperidine rings is 1. The molecule has 0 bridgehead atoms. The van der Waals surface area contributed by atoms with Crippen LogP contribution >= 0.6 is 0 Å². The molecule has 0 aromatic carbocycles. The van der Waals surface area contributed by atoms with Crippen molar-refractivity contribution in [3.63, 3.8) is 0 Å². The van der Waals surface area contributed by atoms with E-state index in [1.165, 1.54) is 0 Å². The standard InChI is InChI=1S/C14H19N5O/c1-14(3-2-4-16-10-14)13(20)18-8-11-7-17-12-9-15-5-6-19(11)12/h5-7,9,16H,2-4,8,10H2,1H3,(H,18,20). The summed E-state index contributed by atoms with van der Waals surface area (Å²) in [5.74, 6) is 0.105. The SMILES string of the molecule is CC1(C(=O)NCc2cnc3cnccn23)CCCNC1. The molecule has 2 aromatic heterocycles. The summed E-state index contributed by atoms with van der Waals surface area (Å²) in [5.41, 5.74) is 1.45. The van der Waals surface area contributed by atoms with Crippen LogP contribution in [0.4, 0.5) is 0 Å². The van der Waals surface area contributed by atoms with Crippen LogP contribution < -0.4 is 10.6 Å². The summed E-state index contributed by atoms with van der Waals surface area (Å²) in [6.45, 7) is 4.26. The molecule has 0 spiro atoms. The van der Waals surface area contributed by atoms with E-state index in [1.54, 1.807) is 18.6 Å². The maximum absolute atomic E-state index is 12.4. The highest BCUT2D eigenvalue weighted by Crippen LogP contribution is 2.25. The Hall–Kier alpha value is -1.95. The Bertz CT molecular complexity index is 615. The number of nitrogens with one attached hydrogen (secondary N) is 2. The molecule has 0 saturated carbocycles. The minimum Gasteiger partial charge on any atom is -0.350 e. The first kappa shape index (κ1) is 13.1. The Labute approximate surface area is 117 Å². The summed E-state index contributed by atoms with van der Waals surface area (Å²) in [6, 6.07) is 0. The quantitative estimate of drug-likeness (QED) is 0.865. The normalized spacial score (nSPS) is 22.9. The zero-order valence-corrected chi connectivity index (χ0v) is 11.6. The number of aromatic nitrogens is 3. The van der Waals surface area contributed by atoms with Gasteiger partial charge in [0, 0.05) is 18.9 Å². The van der Waals surface area contributed by atoms with Crippen LogP contribution in [0.15, 0.2) is 24.8 Å². The fourth-order valence-electron chi connectivity index (χ4n) is 2.66. The van der Waals surface area contributed by atoms with Crippen molar-refractivity contribution < 1.29 is 4.79 Å². The van der Waals surface area contributed by atoms with Gasteiger partial charge in [0.1, 0.15) is 0 Å². The maximum Gasteiger partial charge on any atom is 0.227 e. The average Bonchev–Trinajstić information content (AvgIpc) is 2.89. The van der Waals surface area contributed by atoms with Crippen molar-refractivity contribution in [2.24, 2.45) is 5.41 Å². The average molecular weight is 273 g/mol. The molecule has 1 amide bonds. The molecule has 2 aromatic rings. The number of fused-ring (bicyclic) bond motifs is 1. The predicted octanol–water partition coefficient (Wildman–Crippen LogP) is 0.735. The monoisotopic (exact) mass is 273 g/mol. The molecule has 3 rings (SSSR count). The van der Waals surface area contributed by atoms with Crippen LogP contribution in [-0.2, 0) is 11.3 Å². The summed E-state index contributed by atoms with van der Waals surface area (Å²) in [5, 5.41) is 6.32. The topological polar surface area (TPSA) is 71.3 Å². The number of imidazole rings is 1. The molecular weight excluding hydrogens is 254 g/mol. The van der Waals surface area contributed by atoms with Crippen LogP contribution in [0.5, 0.6) is 0 Å². The van der Waals surface area contributed by atoms with E-state index >= 15 is 0 Å². The van der Waals surface area contributed by atoms with E-state index < -0.39 is 0 Å². The van der Waals surface area contributed by atoms with E-state index in [1.807, 2.05) is 17.5 Å². The minimum absolute atomic E-state index is 0.105. The van der Waals surface area contributed by atoms with Gasteiger partial charge in [-0.15, -0.1) is 0 Å². The summed E-state index contributed by atoms with van der Waals surface area (Å²) >= 11 is 0. The van der Waals surface area contributed by atoms with E-state index in [0.29, 0.717) is 6.54 Å². The fraction of sp³-hybridized carbons (Fsp3) is 0.500. The summed E-state index contributed by atoms with van der Waals surface area (Å²) in [4.78, 5) is 20.6. The van der Waals surface area contributed by atoms with Gasteiger partial charge in [-0.3, -0.25) is 14.2 Å². The van der Waals surface area contributed by atoms with Gasteiger partial charge in [-0.1, -0.05) is 0 Å². The number of amides is 1. The number of carbonyl (C=O) groups is 1. The lowest BCUT2D eigenvalue weighted by molar-refractivity contribution is -0.131. The van der Waals surface area contributed by atoms with Gasteiger partial charge in [-0.25, -0.2) is 4.98 Å². The van der Waals surface area contributed by atoms with Crippen LogP contribution in [0.25, 0.3) is 5.65 Å². The molecule has 1 aliphatic rings. The van der Waals surface area contributed by atoms with Crippen molar-refractivity contribution in [3.8, 4) is 0 Å². The van der Waals surface area contributed by atoms with Crippen LogP contribution in [0, 0.1) is 5.41 Å². The maximum atomic E-state index is 12.4. The van der Waals surface area contributed by atoms with Gasteiger partial charge < -0.3 is 10.6 Å². The predicted molar refractivity (Wildman–Crippen MR) is 75.0 cm³/mol. The second-order valence-electron chi connectivity index (χ2n) is 5.58. The molecule has 3 heterocycles. The van der Waals surface area contributed by atoms with E-state index in [9.17, 15) is 4.79 Å². The van der Waals surface area contributed by atoms with Crippen molar-refractivity contribution in [1.29, 1.82) is 0 Å². The molecule has 1 saturated heterocycles. The third-order valence-electron chi connectivity index (χ3n) is 3.97. The first-order chi connectivity index (χ1) is 9.69. The largest absolute Gasteiger partial charge is 0.350 e. The number of hydrogen-bond acceptors (Lipinski definition) is 4. The van der Waals surface area contributed by atoms with Crippen LogP contribution in [0.2, 0.25) is 0 Å². The first-order valence-corrected chi connectivity index (χ1v) is 6.94. The zero-order chi connectivity index (χ0) is 14.0. The third-order valence-corrected chi connectivity index (χ3v) is 3.97. The fourth-order valence-corrected chi connectivity index (χ4v) is 2.66. The molecule has 20 heavy (non-hydrogen) atoms. The van der Waals surface area contributed by atoms with Gasteiger partial charge in [0.25, 0.3) is 0 Å².